The maximum absolute atomic E-state index is 5.60. The van der Waals surface area contributed by atoms with E-state index < -0.39 is 0 Å². The van der Waals surface area contributed by atoms with Crippen molar-refractivity contribution in [1.82, 2.24) is 5.32 Å². The van der Waals surface area contributed by atoms with E-state index in [2.05, 4.69) is 41.8 Å². The first-order chi connectivity index (χ1) is 13.6. The van der Waals surface area contributed by atoms with Crippen LogP contribution in [0, 0.1) is 6.92 Å². The third-order valence-corrected chi connectivity index (χ3v) is 4.77. The third kappa shape index (κ3) is 4.61. The van der Waals surface area contributed by atoms with Crippen LogP contribution >= 0.6 is 12.2 Å². The first-order valence-corrected chi connectivity index (χ1v) is 9.43. The van der Waals surface area contributed by atoms with Crippen molar-refractivity contribution < 1.29 is 9.47 Å². The Morgan fingerprint density at radius 1 is 0.857 bits per heavy atom. The number of nitrogens with one attached hydrogen (secondary N) is 2. The first-order valence-electron chi connectivity index (χ1n) is 9.02. The van der Waals surface area contributed by atoms with Crippen LogP contribution in [-0.4, -0.2) is 19.3 Å². The number of rotatable bonds is 6. The van der Waals surface area contributed by atoms with Crippen molar-refractivity contribution in [3.05, 3.63) is 89.5 Å². The molecule has 0 unspecified atom stereocenters. The molecule has 0 heterocycles. The van der Waals surface area contributed by atoms with Gasteiger partial charge in [0.25, 0.3) is 0 Å². The zero-order chi connectivity index (χ0) is 19.9. The summed E-state index contributed by atoms with van der Waals surface area (Å²) in [6, 6.07) is 24.2. The van der Waals surface area contributed by atoms with Crippen LogP contribution < -0.4 is 20.1 Å². The van der Waals surface area contributed by atoms with Crippen LogP contribution in [-0.2, 0) is 0 Å². The van der Waals surface area contributed by atoms with E-state index in [4.69, 9.17) is 21.7 Å². The third-order valence-electron chi connectivity index (χ3n) is 4.55. The highest BCUT2D eigenvalue weighted by molar-refractivity contribution is 7.80. The molecule has 3 aromatic rings. The second-order valence-corrected chi connectivity index (χ2v) is 6.78. The fraction of sp³-hybridized carbons (Fsp3) is 0.174. The summed E-state index contributed by atoms with van der Waals surface area (Å²) in [5.74, 6) is 1.32. The van der Waals surface area contributed by atoms with Gasteiger partial charge in [0.2, 0.25) is 0 Å². The number of ether oxygens (including phenoxy) is 2. The van der Waals surface area contributed by atoms with Crippen molar-refractivity contribution in [1.29, 1.82) is 0 Å². The summed E-state index contributed by atoms with van der Waals surface area (Å²) in [7, 11) is 3.23. The molecule has 0 saturated heterocycles. The molecule has 0 bridgehead atoms. The summed E-state index contributed by atoms with van der Waals surface area (Å²) in [6.07, 6.45) is 0. The van der Waals surface area contributed by atoms with Gasteiger partial charge in [0.15, 0.2) is 16.6 Å². The molecule has 0 aliphatic heterocycles. The highest BCUT2D eigenvalue weighted by Gasteiger charge is 2.17. The number of aryl methyl sites for hydroxylation is 1. The highest BCUT2D eigenvalue weighted by Crippen LogP contribution is 2.30. The number of methoxy groups -OCH3 is 2. The Morgan fingerprint density at radius 2 is 1.54 bits per heavy atom. The second kappa shape index (κ2) is 9.24. The fourth-order valence-electron chi connectivity index (χ4n) is 3.11. The van der Waals surface area contributed by atoms with E-state index in [0.29, 0.717) is 16.6 Å². The van der Waals surface area contributed by atoms with E-state index in [-0.39, 0.29) is 6.04 Å². The summed E-state index contributed by atoms with van der Waals surface area (Å²) < 4.78 is 10.7. The maximum atomic E-state index is 5.60. The predicted molar refractivity (Wildman–Crippen MR) is 118 cm³/mol. The Labute approximate surface area is 171 Å². The van der Waals surface area contributed by atoms with E-state index in [1.807, 2.05) is 48.5 Å². The van der Waals surface area contributed by atoms with Gasteiger partial charge < -0.3 is 20.1 Å². The topological polar surface area (TPSA) is 42.5 Å². The molecule has 144 valence electrons. The molecule has 0 amide bonds. The second-order valence-electron chi connectivity index (χ2n) is 6.37. The van der Waals surface area contributed by atoms with Crippen LogP contribution in [0.15, 0.2) is 72.8 Å². The minimum absolute atomic E-state index is 0.0532. The molecule has 2 N–H and O–H groups in total. The lowest BCUT2D eigenvalue weighted by atomic mass is 9.95. The normalized spacial score (nSPS) is 11.4. The van der Waals surface area contributed by atoms with Gasteiger partial charge in [-0.25, -0.2) is 0 Å². The minimum Gasteiger partial charge on any atom is -0.493 e. The van der Waals surface area contributed by atoms with Crippen molar-refractivity contribution in [2.75, 3.05) is 19.5 Å². The van der Waals surface area contributed by atoms with Crippen LogP contribution in [0.25, 0.3) is 0 Å². The Balaban J connectivity index is 1.83. The van der Waals surface area contributed by atoms with Gasteiger partial charge in [-0.05, 0) is 48.0 Å². The zero-order valence-corrected chi connectivity index (χ0v) is 17.0. The van der Waals surface area contributed by atoms with Gasteiger partial charge in [0.1, 0.15) is 0 Å². The minimum atomic E-state index is -0.0532. The van der Waals surface area contributed by atoms with Crippen molar-refractivity contribution in [3.63, 3.8) is 0 Å². The summed E-state index contributed by atoms with van der Waals surface area (Å²) in [5.41, 5.74) is 4.36. The molecule has 0 aliphatic rings. The van der Waals surface area contributed by atoms with E-state index in [9.17, 15) is 0 Å². The van der Waals surface area contributed by atoms with Gasteiger partial charge in [-0.15, -0.1) is 0 Å². The molecule has 0 spiro atoms. The molecule has 28 heavy (non-hydrogen) atoms. The number of thiocarbonyl (C=S) groups is 1. The van der Waals surface area contributed by atoms with Gasteiger partial charge in [-0.1, -0.05) is 54.6 Å². The Hall–Kier alpha value is -3.05. The van der Waals surface area contributed by atoms with Gasteiger partial charge >= 0.3 is 0 Å². The number of hydrogen-bond acceptors (Lipinski definition) is 3. The predicted octanol–water partition coefficient (Wildman–Crippen LogP) is 5.09. The number of hydrogen-bond donors (Lipinski definition) is 2. The molecule has 4 nitrogen and oxygen atoms in total. The smallest absolute Gasteiger partial charge is 0.171 e. The van der Waals surface area contributed by atoms with Crippen LogP contribution in [0.2, 0.25) is 0 Å². The number of benzene rings is 3. The summed E-state index contributed by atoms with van der Waals surface area (Å²) in [4.78, 5) is 0. The Morgan fingerprint density at radius 3 is 2.21 bits per heavy atom. The lowest BCUT2D eigenvalue weighted by molar-refractivity contribution is 0.355. The van der Waals surface area contributed by atoms with E-state index >= 15 is 0 Å². The molecule has 0 radical (unpaired) electrons. The molecule has 0 aromatic heterocycles. The van der Waals surface area contributed by atoms with Crippen molar-refractivity contribution in [2.45, 2.75) is 13.0 Å². The van der Waals surface area contributed by atoms with Crippen molar-refractivity contribution >= 4 is 23.0 Å². The van der Waals surface area contributed by atoms with Crippen LogP contribution in [0.3, 0.4) is 0 Å². The quantitative estimate of drug-likeness (QED) is 0.572. The molecule has 3 rings (SSSR count). The molecular formula is C23H24N2O2S. The average Bonchev–Trinajstić information content (AvgIpc) is 2.73. The van der Waals surface area contributed by atoms with Crippen LogP contribution in [0.5, 0.6) is 11.5 Å². The average molecular weight is 393 g/mol. The van der Waals surface area contributed by atoms with E-state index in [1.165, 1.54) is 11.1 Å². The molecule has 0 saturated carbocycles. The zero-order valence-electron chi connectivity index (χ0n) is 16.2. The highest BCUT2D eigenvalue weighted by atomic mass is 32.1. The molecular weight excluding hydrogens is 368 g/mol. The first kappa shape index (κ1) is 19.7. The molecule has 0 fully saturated rings. The molecule has 0 aliphatic carbocycles. The van der Waals surface area contributed by atoms with Crippen LogP contribution in [0.4, 0.5) is 5.69 Å². The van der Waals surface area contributed by atoms with Crippen molar-refractivity contribution in [2.24, 2.45) is 0 Å². The van der Waals surface area contributed by atoms with Gasteiger partial charge in [-0.3, -0.25) is 0 Å². The lowest BCUT2D eigenvalue weighted by Crippen LogP contribution is -2.33. The van der Waals surface area contributed by atoms with Gasteiger partial charge in [0, 0.05) is 11.8 Å². The lowest BCUT2D eigenvalue weighted by Gasteiger charge is -2.23. The fourth-order valence-corrected chi connectivity index (χ4v) is 3.34. The van der Waals surface area contributed by atoms with E-state index in [0.717, 1.165) is 11.3 Å². The summed E-state index contributed by atoms with van der Waals surface area (Å²) >= 11 is 5.60. The largest absolute Gasteiger partial charge is 0.493 e. The SMILES string of the molecule is COc1ccc(NC(=S)N[C@H](c2ccccc2)c2ccccc2C)cc1OC. The summed E-state index contributed by atoms with van der Waals surface area (Å²) in [5, 5.41) is 7.23. The number of anilines is 1. The molecule has 3 aromatic carbocycles. The Bertz CT molecular complexity index is 944. The summed E-state index contributed by atoms with van der Waals surface area (Å²) in [6.45, 7) is 2.11. The molecule has 1 atom stereocenters. The van der Waals surface area contributed by atoms with Gasteiger partial charge in [-0.2, -0.15) is 0 Å². The Kier molecular flexibility index (Phi) is 6.50. The van der Waals surface area contributed by atoms with E-state index in [1.54, 1.807) is 14.2 Å². The van der Waals surface area contributed by atoms with Gasteiger partial charge in [0.05, 0.1) is 20.3 Å². The molecule has 5 heteroatoms. The van der Waals surface area contributed by atoms with Crippen molar-refractivity contribution in [3.8, 4) is 11.5 Å². The van der Waals surface area contributed by atoms with Crippen LogP contribution in [0.1, 0.15) is 22.7 Å². The maximum Gasteiger partial charge on any atom is 0.171 e. The standard InChI is InChI=1S/C23H24N2O2S/c1-16-9-7-8-12-19(16)22(17-10-5-4-6-11-17)25-23(28)24-18-13-14-20(26-2)21(15-18)27-3/h4-15,22H,1-3H3,(H2,24,25,28)/t22-/m1/s1. The monoisotopic (exact) mass is 392 g/mol.